The van der Waals surface area contributed by atoms with Crippen LogP contribution in [0.1, 0.15) is 5.56 Å². The van der Waals surface area contributed by atoms with Crippen LogP contribution in [0.25, 0.3) is 0 Å². The number of aliphatic hydroxyl groups excluding tert-OH is 1. The van der Waals surface area contributed by atoms with Crippen LogP contribution in [0.5, 0.6) is 11.5 Å². The molecule has 0 saturated heterocycles. The fraction of sp³-hybridized carbons (Fsp3) is 0.0769. The molecule has 0 atom stereocenters. The Kier molecular flexibility index (Phi) is 4.33. The molecule has 0 aliphatic heterocycles. The number of hydrogen-bond acceptors (Lipinski definition) is 4. The van der Waals surface area contributed by atoms with Crippen LogP contribution in [-0.4, -0.2) is 10.0 Å². The van der Waals surface area contributed by atoms with E-state index in [1.54, 1.807) is 36.4 Å². The van der Waals surface area contributed by atoms with Crippen LogP contribution in [0.2, 0.25) is 0 Å². The quantitative estimate of drug-likeness (QED) is 0.508. The van der Waals surface area contributed by atoms with Gasteiger partial charge in [0.15, 0.2) is 0 Å². The number of ether oxygens (including phenoxy) is 1. The Morgan fingerprint density at radius 2 is 2.05 bits per heavy atom. The van der Waals surface area contributed by atoms with Crippen LogP contribution in [-0.2, 0) is 6.61 Å². The van der Waals surface area contributed by atoms with E-state index >= 15 is 0 Å². The van der Waals surface area contributed by atoms with Crippen molar-refractivity contribution in [2.75, 3.05) is 0 Å². The Balaban J connectivity index is 2.34. The molecular formula is C13H10INO4. The van der Waals surface area contributed by atoms with Gasteiger partial charge in [-0.2, -0.15) is 0 Å². The predicted octanol–water partition coefficient (Wildman–Crippen LogP) is 3.48. The van der Waals surface area contributed by atoms with Crippen LogP contribution in [0.3, 0.4) is 0 Å². The van der Waals surface area contributed by atoms with Crippen molar-refractivity contribution in [1.29, 1.82) is 0 Å². The molecule has 0 saturated carbocycles. The number of halogens is 1. The molecule has 0 heterocycles. The second kappa shape index (κ2) is 5.98. The molecule has 19 heavy (non-hydrogen) atoms. The van der Waals surface area contributed by atoms with Gasteiger partial charge in [0.05, 0.1) is 11.5 Å². The highest BCUT2D eigenvalue weighted by Crippen LogP contribution is 2.32. The van der Waals surface area contributed by atoms with Crippen molar-refractivity contribution in [1.82, 2.24) is 0 Å². The van der Waals surface area contributed by atoms with E-state index < -0.39 is 4.92 Å². The first-order chi connectivity index (χ1) is 9.10. The summed E-state index contributed by atoms with van der Waals surface area (Å²) in [5.74, 6) is 0.636. The maximum absolute atomic E-state index is 11.0. The van der Waals surface area contributed by atoms with Gasteiger partial charge in [-0.15, -0.1) is 0 Å². The maximum Gasteiger partial charge on any atom is 0.312 e. The van der Waals surface area contributed by atoms with Crippen LogP contribution in [0.4, 0.5) is 5.69 Å². The summed E-state index contributed by atoms with van der Waals surface area (Å²) in [6.45, 7) is -0.105. The number of rotatable bonds is 4. The molecule has 0 amide bonds. The SMILES string of the molecule is O=[N+]([O-])c1cc(I)ccc1Oc1cccc(CO)c1. The third-order valence-corrected chi connectivity index (χ3v) is 3.10. The number of nitro groups is 1. The second-order valence-electron chi connectivity index (χ2n) is 3.78. The molecule has 0 unspecified atom stereocenters. The standard InChI is InChI=1S/C13H10INO4/c14-10-4-5-13(12(7-10)15(17)18)19-11-3-1-2-9(6-11)8-16/h1-7,16H,8H2. The molecule has 0 bridgehead atoms. The van der Waals surface area contributed by atoms with Gasteiger partial charge < -0.3 is 9.84 Å². The van der Waals surface area contributed by atoms with E-state index in [-0.39, 0.29) is 18.0 Å². The van der Waals surface area contributed by atoms with Gasteiger partial charge in [-0.3, -0.25) is 10.1 Å². The molecule has 0 aromatic heterocycles. The van der Waals surface area contributed by atoms with Gasteiger partial charge in [0.1, 0.15) is 5.75 Å². The number of nitrogens with zero attached hydrogens (tertiary/aromatic N) is 1. The van der Waals surface area contributed by atoms with Gasteiger partial charge in [-0.05, 0) is 52.4 Å². The number of hydrogen-bond donors (Lipinski definition) is 1. The largest absolute Gasteiger partial charge is 0.450 e. The molecule has 0 aliphatic carbocycles. The zero-order valence-corrected chi connectivity index (χ0v) is 11.9. The van der Waals surface area contributed by atoms with Crippen molar-refractivity contribution in [3.8, 4) is 11.5 Å². The van der Waals surface area contributed by atoms with Gasteiger partial charge in [-0.1, -0.05) is 12.1 Å². The number of aliphatic hydroxyl groups is 1. The molecule has 98 valence electrons. The summed E-state index contributed by atoms with van der Waals surface area (Å²) in [5.41, 5.74) is 0.604. The normalized spacial score (nSPS) is 10.2. The van der Waals surface area contributed by atoms with Gasteiger partial charge in [0.2, 0.25) is 5.75 Å². The smallest absolute Gasteiger partial charge is 0.312 e. The average Bonchev–Trinajstić information content (AvgIpc) is 2.41. The lowest BCUT2D eigenvalue weighted by Gasteiger charge is -2.07. The monoisotopic (exact) mass is 371 g/mol. The van der Waals surface area contributed by atoms with Crippen molar-refractivity contribution >= 4 is 28.3 Å². The highest BCUT2D eigenvalue weighted by Gasteiger charge is 2.16. The topological polar surface area (TPSA) is 72.6 Å². The molecule has 2 rings (SSSR count). The minimum atomic E-state index is -0.479. The zero-order chi connectivity index (χ0) is 13.8. The van der Waals surface area contributed by atoms with E-state index in [1.165, 1.54) is 6.07 Å². The zero-order valence-electron chi connectivity index (χ0n) is 9.75. The first-order valence-corrected chi connectivity index (χ1v) is 6.49. The Hall–Kier alpha value is -1.67. The molecule has 0 radical (unpaired) electrons. The molecule has 5 nitrogen and oxygen atoms in total. The Morgan fingerprint density at radius 3 is 2.74 bits per heavy atom. The van der Waals surface area contributed by atoms with Crippen molar-refractivity contribution in [3.05, 3.63) is 61.7 Å². The third-order valence-electron chi connectivity index (χ3n) is 2.43. The van der Waals surface area contributed by atoms with E-state index in [0.29, 0.717) is 11.3 Å². The molecule has 2 aromatic carbocycles. The summed E-state index contributed by atoms with van der Waals surface area (Å²) in [4.78, 5) is 10.5. The Bertz CT molecular complexity index is 615. The summed E-state index contributed by atoms with van der Waals surface area (Å²) in [7, 11) is 0. The van der Waals surface area contributed by atoms with Crippen molar-refractivity contribution < 1.29 is 14.8 Å². The average molecular weight is 371 g/mol. The summed E-state index contributed by atoms with van der Waals surface area (Å²) in [6, 6.07) is 11.5. The predicted molar refractivity (Wildman–Crippen MR) is 78.3 cm³/mol. The van der Waals surface area contributed by atoms with Gasteiger partial charge in [0, 0.05) is 9.64 Å². The van der Waals surface area contributed by atoms with E-state index in [4.69, 9.17) is 9.84 Å². The lowest BCUT2D eigenvalue weighted by molar-refractivity contribution is -0.385. The van der Waals surface area contributed by atoms with E-state index in [9.17, 15) is 10.1 Å². The molecule has 0 fully saturated rings. The highest BCUT2D eigenvalue weighted by molar-refractivity contribution is 14.1. The fourth-order valence-electron chi connectivity index (χ4n) is 1.55. The fourth-order valence-corrected chi connectivity index (χ4v) is 2.03. The lowest BCUT2D eigenvalue weighted by Crippen LogP contribution is -1.94. The van der Waals surface area contributed by atoms with Gasteiger partial charge >= 0.3 is 5.69 Å². The Morgan fingerprint density at radius 1 is 1.26 bits per heavy atom. The van der Waals surface area contributed by atoms with Crippen molar-refractivity contribution in [2.45, 2.75) is 6.61 Å². The highest BCUT2D eigenvalue weighted by atomic mass is 127. The molecule has 1 N–H and O–H groups in total. The lowest BCUT2D eigenvalue weighted by atomic mass is 10.2. The van der Waals surface area contributed by atoms with Crippen molar-refractivity contribution in [2.24, 2.45) is 0 Å². The third kappa shape index (κ3) is 3.42. The molecule has 0 aliphatic rings. The van der Waals surface area contributed by atoms with Crippen molar-refractivity contribution in [3.63, 3.8) is 0 Å². The van der Waals surface area contributed by atoms with Crippen LogP contribution >= 0.6 is 22.6 Å². The second-order valence-corrected chi connectivity index (χ2v) is 5.02. The van der Waals surface area contributed by atoms with Gasteiger partial charge in [0.25, 0.3) is 0 Å². The first-order valence-electron chi connectivity index (χ1n) is 5.42. The molecule has 2 aromatic rings. The van der Waals surface area contributed by atoms with E-state index in [2.05, 4.69) is 0 Å². The van der Waals surface area contributed by atoms with Gasteiger partial charge in [-0.25, -0.2) is 0 Å². The minimum Gasteiger partial charge on any atom is -0.450 e. The summed E-state index contributed by atoms with van der Waals surface area (Å²) >= 11 is 2.00. The maximum atomic E-state index is 11.0. The van der Waals surface area contributed by atoms with Crippen LogP contribution in [0.15, 0.2) is 42.5 Å². The van der Waals surface area contributed by atoms with E-state index in [1.807, 2.05) is 22.6 Å². The number of benzene rings is 2. The minimum absolute atomic E-state index is 0.0821. The van der Waals surface area contributed by atoms with Crippen LogP contribution in [0, 0.1) is 13.7 Å². The summed E-state index contributed by atoms with van der Waals surface area (Å²) < 4.78 is 6.28. The molecule has 6 heteroatoms. The van der Waals surface area contributed by atoms with E-state index in [0.717, 1.165) is 3.57 Å². The van der Waals surface area contributed by atoms with Crippen LogP contribution < -0.4 is 4.74 Å². The summed E-state index contributed by atoms with van der Waals surface area (Å²) in [6.07, 6.45) is 0. The molecular weight excluding hydrogens is 361 g/mol. The first kappa shape index (κ1) is 13.8. The number of nitro benzene ring substituents is 1. The Labute approximate surface area is 123 Å². The summed E-state index contributed by atoms with van der Waals surface area (Å²) in [5, 5.41) is 20.0. The molecule has 0 spiro atoms.